The van der Waals surface area contributed by atoms with E-state index in [1.54, 1.807) is 0 Å². The number of benzene rings is 3. The molecule has 3 aromatic carbocycles. The number of Topliss-reactive ketones (excluding diaryl/α,β-unsaturated/α-hetero) is 1. The fraction of sp³-hybridized carbons (Fsp3) is 0.242. The first-order chi connectivity index (χ1) is 16.8. The third-order valence-corrected chi connectivity index (χ3v) is 12.3. The minimum absolute atomic E-state index is 0.0331. The van der Waals surface area contributed by atoms with E-state index in [0.717, 1.165) is 18.2 Å². The van der Waals surface area contributed by atoms with Crippen LogP contribution in [0.2, 0.25) is 0 Å². The zero-order chi connectivity index (χ0) is 24.9. The molecule has 0 unspecified atom stereocenters. The van der Waals surface area contributed by atoms with Crippen molar-refractivity contribution in [2.45, 2.75) is 40.5 Å². The molecule has 0 N–H and O–H groups in total. The summed E-state index contributed by atoms with van der Waals surface area (Å²) in [6, 6.07) is 33.1. The first kappa shape index (κ1) is 25.1. The standard InChI is InChI=1S/C33H37OP/c1-26(20-21-31-27(2)32(34)22-24-33(31,3)4)23-25-35(28-14-8-5-9-15-28,29-16-10-6-11-17-29)30-18-12-7-13-19-30/h5-21,23,35H,22,24-25H2,1-4H3/b21-20+,26-23+. The zero-order valence-corrected chi connectivity index (χ0v) is 22.4. The van der Waals surface area contributed by atoms with E-state index in [9.17, 15) is 4.79 Å². The van der Waals surface area contributed by atoms with Gasteiger partial charge in [0.15, 0.2) is 0 Å². The average molecular weight is 481 g/mol. The van der Waals surface area contributed by atoms with Gasteiger partial charge in [-0.15, -0.1) is 0 Å². The Morgan fingerprint density at radius 3 is 1.74 bits per heavy atom. The third kappa shape index (κ3) is 5.31. The van der Waals surface area contributed by atoms with Gasteiger partial charge in [-0.25, -0.2) is 0 Å². The molecule has 4 rings (SSSR count). The van der Waals surface area contributed by atoms with Crippen LogP contribution in [-0.2, 0) is 4.79 Å². The second-order valence-electron chi connectivity index (χ2n) is 10.3. The molecule has 1 aliphatic rings. The van der Waals surface area contributed by atoms with Crippen molar-refractivity contribution in [1.82, 2.24) is 0 Å². The number of hydrogen-bond donors (Lipinski definition) is 0. The van der Waals surface area contributed by atoms with E-state index >= 15 is 0 Å². The number of hydrogen-bond acceptors (Lipinski definition) is 1. The summed E-state index contributed by atoms with van der Waals surface area (Å²) < 4.78 is 0. The Labute approximate surface area is 211 Å². The van der Waals surface area contributed by atoms with Gasteiger partial charge in [0.2, 0.25) is 0 Å². The molecule has 0 fully saturated rings. The summed E-state index contributed by atoms with van der Waals surface area (Å²) in [6.45, 7) is 8.67. The maximum absolute atomic E-state index is 12.4. The maximum atomic E-state index is 12.4. The van der Waals surface area contributed by atoms with Gasteiger partial charge in [0.25, 0.3) is 0 Å². The van der Waals surface area contributed by atoms with Gasteiger partial charge in [0.05, 0.1) is 0 Å². The SMILES string of the molecule is CC1=C(/C=C/C(C)=C/C[PH](c2ccccc2)(c2ccccc2)c2ccccc2)C(C)(C)CCC1=O. The van der Waals surface area contributed by atoms with Crippen molar-refractivity contribution in [2.75, 3.05) is 6.16 Å². The van der Waals surface area contributed by atoms with E-state index in [-0.39, 0.29) is 11.2 Å². The molecular formula is C33H37OP. The van der Waals surface area contributed by atoms with Gasteiger partial charge in [-0.1, -0.05) is 0 Å². The first-order valence-electron chi connectivity index (χ1n) is 12.6. The van der Waals surface area contributed by atoms with Crippen LogP contribution in [0.1, 0.15) is 40.5 Å². The summed E-state index contributed by atoms with van der Waals surface area (Å²) in [6.07, 6.45) is 9.35. The molecular weight excluding hydrogens is 443 g/mol. The van der Waals surface area contributed by atoms with Crippen LogP contribution in [0.25, 0.3) is 0 Å². The monoisotopic (exact) mass is 480 g/mol. The predicted molar refractivity (Wildman–Crippen MR) is 155 cm³/mol. The molecule has 0 bridgehead atoms. The predicted octanol–water partition coefficient (Wildman–Crippen LogP) is 6.92. The van der Waals surface area contributed by atoms with Crippen molar-refractivity contribution >= 4 is 29.0 Å². The molecule has 1 nitrogen and oxygen atoms in total. The topological polar surface area (TPSA) is 17.1 Å². The second-order valence-corrected chi connectivity index (χ2v) is 14.3. The van der Waals surface area contributed by atoms with E-state index < -0.39 is 7.26 Å². The fourth-order valence-electron chi connectivity index (χ4n) is 5.38. The van der Waals surface area contributed by atoms with Crippen molar-refractivity contribution < 1.29 is 4.79 Å². The van der Waals surface area contributed by atoms with Crippen LogP contribution in [0, 0.1) is 5.41 Å². The van der Waals surface area contributed by atoms with E-state index in [2.05, 4.69) is 130 Å². The van der Waals surface area contributed by atoms with Crippen LogP contribution in [0.4, 0.5) is 0 Å². The number of carbonyl (C=O) groups is 1. The van der Waals surface area contributed by atoms with E-state index in [1.807, 2.05) is 6.92 Å². The summed E-state index contributed by atoms with van der Waals surface area (Å²) in [5.74, 6) is 0.286. The summed E-state index contributed by atoms with van der Waals surface area (Å²) in [5, 5.41) is 4.26. The quantitative estimate of drug-likeness (QED) is 0.265. The molecule has 1 aliphatic carbocycles. The van der Waals surface area contributed by atoms with Crippen LogP contribution in [0.15, 0.2) is 126 Å². The molecule has 2 heteroatoms. The van der Waals surface area contributed by atoms with Crippen LogP contribution >= 0.6 is 7.26 Å². The zero-order valence-electron chi connectivity index (χ0n) is 21.4. The molecule has 0 heterocycles. The summed E-state index contributed by atoms with van der Waals surface area (Å²) in [5.41, 5.74) is 3.37. The molecule has 0 spiro atoms. The Hall–Kier alpha value is -3.02. The van der Waals surface area contributed by atoms with Crippen LogP contribution in [0.3, 0.4) is 0 Å². The van der Waals surface area contributed by atoms with Crippen molar-refractivity contribution in [3.63, 3.8) is 0 Å². The van der Waals surface area contributed by atoms with Crippen molar-refractivity contribution in [3.8, 4) is 0 Å². The Morgan fingerprint density at radius 2 is 1.29 bits per heavy atom. The summed E-state index contributed by atoms with van der Waals surface area (Å²) >= 11 is 0. The fourth-order valence-corrected chi connectivity index (χ4v) is 9.99. The van der Waals surface area contributed by atoms with Crippen molar-refractivity contribution in [2.24, 2.45) is 5.41 Å². The molecule has 180 valence electrons. The Bertz CT molecular complexity index is 1150. The molecule has 0 amide bonds. The van der Waals surface area contributed by atoms with E-state index in [0.29, 0.717) is 6.42 Å². The Balaban J connectivity index is 1.78. The molecule has 0 saturated heterocycles. The van der Waals surface area contributed by atoms with E-state index in [4.69, 9.17) is 0 Å². The number of allylic oxidation sites excluding steroid dienone is 6. The van der Waals surface area contributed by atoms with Crippen molar-refractivity contribution in [1.29, 1.82) is 0 Å². The minimum atomic E-state index is -2.28. The first-order valence-corrected chi connectivity index (χ1v) is 14.8. The van der Waals surface area contributed by atoms with Gasteiger partial charge in [0, 0.05) is 0 Å². The normalized spacial score (nSPS) is 17.1. The second kappa shape index (κ2) is 10.7. The van der Waals surface area contributed by atoms with Gasteiger partial charge in [0.1, 0.15) is 0 Å². The van der Waals surface area contributed by atoms with Gasteiger partial charge in [-0.05, 0) is 0 Å². The average Bonchev–Trinajstić information content (AvgIpc) is 2.89. The molecule has 0 atom stereocenters. The number of rotatable bonds is 7. The number of ketones is 1. The molecule has 0 aromatic heterocycles. The van der Waals surface area contributed by atoms with Gasteiger partial charge >= 0.3 is 212 Å². The molecule has 3 aromatic rings. The summed E-state index contributed by atoms with van der Waals surface area (Å²) in [7, 11) is -2.28. The third-order valence-electron chi connectivity index (χ3n) is 7.57. The van der Waals surface area contributed by atoms with Crippen LogP contribution in [0.5, 0.6) is 0 Å². The summed E-state index contributed by atoms with van der Waals surface area (Å²) in [4.78, 5) is 12.4. The molecule has 0 aliphatic heterocycles. The van der Waals surface area contributed by atoms with Gasteiger partial charge in [-0.2, -0.15) is 0 Å². The Morgan fingerprint density at radius 1 is 0.829 bits per heavy atom. The van der Waals surface area contributed by atoms with Crippen LogP contribution in [-0.4, -0.2) is 11.9 Å². The van der Waals surface area contributed by atoms with Crippen LogP contribution < -0.4 is 15.9 Å². The van der Waals surface area contributed by atoms with Crippen molar-refractivity contribution in [3.05, 3.63) is 126 Å². The van der Waals surface area contributed by atoms with E-state index in [1.165, 1.54) is 27.1 Å². The molecule has 35 heavy (non-hydrogen) atoms. The van der Waals surface area contributed by atoms with Gasteiger partial charge in [-0.3, -0.25) is 0 Å². The Kier molecular flexibility index (Phi) is 7.68. The molecule has 0 radical (unpaired) electrons. The number of carbonyl (C=O) groups excluding carboxylic acids is 1. The molecule has 0 saturated carbocycles. The van der Waals surface area contributed by atoms with Gasteiger partial charge < -0.3 is 0 Å².